The molecule has 0 atom stereocenters. The van der Waals surface area contributed by atoms with Crippen LogP contribution in [0.4, 0.5) is 0 Å². The van der Waals surface area contributed by atoms with Gasteiger partial charge in [-0.3, -0.25) is 0 Å². The Morgan fingerprint density at radius 3 is 2.60 bits per heavy atom. The molecule has 0 N–H and O–H groups in total. The number of hydrogen-bond donors (Lipinski definition) is 0. The molecule has 0 aliphatic rings. The van der Waals surface area contributed by atoms with Crippen LogP contribution >= 0.6 is 0 Å². The van der Waals surface area contributed by atoms with Crippen molar-refractivity contribution in [2.45, 2.75) is 13.8 Å². The lowest BCUT2D eigenvalue weighted by atomic mass is 10.1. The van der Waals surface area contributed by atoms with Crippen molar-refractivity contribution in [2.75, 3.05) is 0 Å². The van der Waals surface area contributed by atoms with Crippen LogP contribution in [0.5, 0.6) is 0 Å². The van der Waals surface area contributed by atoms with E-state index in [2.05, 4.69) is 12.1 Å². The fourth-order valence-corrected chi connectivity index (χ4v) is 0.787. The van der Waals surface area contributed by atoms with Crippen LogP contribution < -0.4 is 0 Å². The summed E-state index contributed by atoms with van der Waals surface area (Å²) in [5, 5.41) is 8.56. The van der Waals surface area contributed by atoms with Crippen LogP contribution in [-0.4, -0.2) is 0 Å². The zero-order valence-electron chi connectivity index (χ0n) is 6.10. The van der Waals surface area contributed by atoms with E-state index in [0.717, 1.165) is 11.1 Å². The average Bonchev–Trinajstić information content (AvgIpc) is 1.94. The monoisotopic (exact) mass is 130 g/mol. The molecule has 1 heteroatoms. The molecule has 0 amide bonds. The molecule has 0 spiro atoms. The molecule has 0 unspecified atom stereocenters. The topological polar surface area (TPSA) is 23.8 Å². The Hall–Kier alpha value is -1.29. The molecular formula is C9H8N. The van der Waals surface area contributed by atoms with Gasteiger partial charge in [-0.25, -0.2) is 0 Å². The van der Waals surface area contributed by atoms with Crippen LogP contribution in [-0.2, 0) is 0 Å². The Morgan fingerprint density at radius 1 is 1.40 bits per heavy atom. The first kappa shape index (κ1) is 6.82. The highest BCUT2D eigenvalue weighted by Crippen LogP contribution is 2.07. The lowest BCUT2D eigenvalue weighted by molar-refractivity contribution is 1.34. The van der Waals surface area contributed by atoms with E-state index in [4.69, 9.17) is 5.26 Å². The second-order valence-corrected chi connectivity index (χ2v) is 2.31. The van der Waals surface area contributed by atoms with Gasteiger partial charge in [0, 0.05) is 6.07 Å². The maximum absolute atomic E-state index is 8.56. The second kappa shape index (κ2) is 2.53. The van der Waals surface area contributed by atoms with Gasteiger partial charge in [0.25, 0.3) is 0 Å². The minimum absolute atomic E-state index is 0.653. The standard InChI is InChI=1S/C9H8N/c1-7-3-4-8(2)9(5-7)6-10/h3-4H,1-2H3. The number of aryl methyl sites for hydroxylation is 2. The molecule has 1 aromatic rings. The van der Waals surface area contributed by atoms with E-state index in [1.165, 1.54) is 0 Å². The van der Waals surface area contributed by atoms with Gasteiger partial charge in [-0.15, -0.1) is 0 Å². The zero-order valence-corrected chi connectivity index (χ0v) is 6.10. The maximum Gasteiger partial charge on any atom is 0.100 e. The van der Waals surface area contributed by atoms with Gasteiger partial charge in [-0.2, -0.15) is 5.26 Å². The summed E-state index contributed by atoms with van der Waals surface area (Å²) >= 11 is 0. The highest BCUT2D eigenvalue weighted by Gasteiger charge is 1.95. The Balaban J connectivity index is 3.25. The van der Waals surface area contributed by atoms with E-state index in [1.54, 1.807) is 0 Å². The largest absolute Gasteiger partial charge is 0.192 e. The third-order valence-corrected chi connectivity index (χ3v) is 1.41. The second-order valence-electron chi connectivity index (χ2n) is 2.31. The first-order chi connectivity index (χ1) is 4.74. The zero-order chi connectivity index (χ0) is 7.56. The lowest BCUT2D eigenvalue weighted by Gasteiger charge is -1.95. The number of hydrogen-bond acceptors (Lipinski definition) is 1. The van der Waals surface area contributed by atoms with Crippen LogP contribution in [0.1, 0.15) is 16.7 Å². The molecule has 0 bridgehead atoms. The van der Waals surface area contributed by atoms with E-state index in [1.807, 2.05) is 26.0 Å². The lowest BCUT2D eigenvalue weighted by Crippen LogP contribution is -1.82. The summed E-state index contributed by atoms with van der Waals surface area (Å²) in [6.45, 7) is 3.84. The van der Waals surface area contributed by atoms with Crippen molar-refractivity contribution in [3.05, 3.63) is 34.9 Å². The van der Waals surface area contributed by atoms with E-state index in [9.17, 15) is 0 Å². The summed E-state index contributed by atoms with van der Waals surface area (Å²) < 4.78 is 0. The minimum Gasteiger partial charge on any atom is -0.192 e. The third kappa shape index (κ3) is 1.16. The predicted molar refractivity (Wildman–Crippen MR) is 39.5 cm³/mol. The van der Waals surface area contributed by atoms with Gasteiger partial charge in [-0.1, -0.05) is 12.1 Å². The minimum atomic E-state index is 0.653. The fraction of sp³-hybridized carbons (Fsp3) is 0.222. The summed E-state index contributed by atoms with van der Waals surface area (Å²) in [5.74, 6) is 0. The van der Waals surface area contributed by atoms with E-state index >= 15 is 0 Å². The highest BCUT2D eigenvalue weighted by molar-refractivity contribution is 5.37. The molecule has 1 radical (unpaired) electrons. The molecule has 1 aromatic carbocycles. The normalized spacial score (nSPS) is 8.90. The summed E-state index contributed by atoms with van der Waals surface area (Å²) in [6.07, 6.45) is 0. The Labute approximate surface area is 60.9 Å². The van der Waals surface area contributed by atoms with E-state index in [0.29, 0.717) is 5.56 Å². The molecule has 0 fully saturated rings. The Morgan fingerprint density at radius 2 is 2.10 bits per heavy atom. The van der Waals surface area contributed by atoms with Gasteiger partial charge < -0.3 is 0 Å². The summed E-state index contributed by atoms with van der Waals surface area (Å²) in [7, 11) is 0. The predicted octanol–water partition coefficient (Wildman–Crippen LogP) is 1.98. The fourth-order valence-electron chi connectivity index (χ4n) is 0.787. The van der Waals surface area contributed by atoms with Gasteiger partial charge in [0.15, 0.2) is 0 Å². The summed E-state index contributed by atoms with van der Waals surface area (Å²) in [6, 6.07) is 8.93. The van der Waals surface area contributed by atoms with Crippen LogP contribution in [0.3, 0.4) is 0 Å². The Bertz CT molecular complexity index is 281. The van der Waals surface area contributed by atoms with Gasteiger partial charge >= 0.3 is 0 Å². The van der Waals surface area contributed by atoms with E-state index < -0.39 is 0 Å². The van der Waals surface area contributed by atoms with Crippen molar-refractivity contribution < 1.29 is 0 Å². The van der Waals surface area contributed by atoms with Gasteiger partial charge in [0.1, 0.15) is 6.07 Å². The number of nitrogens with zero attached hydrogens (tertiary/aromatic N) is 1. The number of benzene rings is 1. The quantitative estimate of drug-likeness (QED) is 0.526. The molecule has 0 heterocycles. The molecular weight excluding hydrogens is 122 g/mol. The molecule has 10 heavy (non-hydrogen) atoms. The number of rotatable bonds is 0. The van der Waals surface area contributed by atoms with Gasteiger partial charge in [0.05, 0.1) is 5.56 Å². The first-order valence-electron chi connectivity index (χ1n) is 3.13. The van der Waals surface area contributed by atoms with Crippen molar-refractivity contribution in [1.29, 1.82) is 5.26 Å². The first-order valence-corrected chi connectivity index (χ1v) is 3.13. The number of nitriles is 1. The molecule has 49 valence electrons. The van der Waals surface area contributed by atoms with Crippen LogP contribution in [0.15, 0.2) is 12.1 Å². The maximum atomic E-state index is 8.56. The summed E-state index contributed by atoms with van der Waals surface area (Å²) in [4.78, 5) is 0. The SMILES string of the molecule is Cc1[c]c(C#N)c(C)cc1. The molecule has 0 aliphatic heterocycles. The van der Waals surface area contributed by atoms with Gasteiger partial charge in [-0.05, 0) is 25.0 Å². The molecule has 0 aliphatic carbocycles. The van der Waals surface area contributed by atoms with Gasteiger partial charge in [0.2, 0.25) is 0 Å². The molecule has 0 saturated heterocycles. The van der Waals surface area contributed by atoms with Crippen molar-refractivity contribution in [3.63, 3.8) is 0 Å². The van der Waals surface area contributed by atoms with Crippen molar-refractivity contribution in [2.24, 2.45) is 0 Å². The highest BCUT2D eigenvalue weighted by atomic mass is 14.2. The van der Waals surface area contributed by atoms with E-state index in [-0.39, 0.29) is 0 Å². The third-order valence-electron chi connectivity index (χ3n) is 1.41. The molecule has 1 nitrogen and oxygen atoms in total. The molecule has 0 saturated carbocycles. The smallest absolute Gasteiger partial charge is 0.100 e. The molecule has 0 aromatic heterocycles. The average molecular weight is 130 g/mol. The van der Waals surface area contributed by atoms with Crippen LogP contribution in [0, 0.1) is 31.2 Å². The Kier molecular flexibility index (Phi) is 1.73. The van der Waals surface area contributed by atoms with Crippen LogP contribution in [0.2, 0.25) is 0 Å². The molecule has 1 rings (SSSR count). The van der Waals surface area contributed by atoms with Crippen molar-refractivity contribution >= 4 is 0 Å². The summed E-state index contributed by atoms with van der Waals surface area (Å²) in [5.41, 5.74) is 2.66. The van der Waals surface area contributed by atoms with Crippen molar-refractivity contribution in [3.8, 4) is 6.07 Å². The van der Waals surface area contributed by atoms with Crippen LogP contribution in [0.25, 0.3) is 0 Å². The van der Waals surface area contributed by atoms with Crippen molar-refractivity contribution in [1.82, 2.24) is 0 Å².